The number of hydrogen-bond donors (Lipinski definition) is 2. The third-order valence-electron chi connectivity index (χ3n) is 1.88. The summed E-state index contributed by atoms with van der Waals surface area (Å²) in [5, 5.41) is 5.84. The van der Waals surface area contributed by atoms with Gasteiger partial charge in [-0.2, -0.15) is 13.2 Å². The molecule has 0 bridgehead atoms. The molecule has 1 atom stereocenters. The van der Waals surface area contributed by atoms with Gasteiger partial charge in [-0.1, -0.05) is 0 Å². The lowest BCUT2D eigenvalue weighted by atomic mass is 10.2. The first-order valence-corrected chi connectivity index (χ1v) is 4.90. The second kappa shape index (κ2) is 7.06. The van der Waals surface area contributed by atoms with Gasteiger partial charge in [-0.05, 0) is 39.9 Å². The van der Waals surface area contributed by atoms with E-state index in [-0.39, 0.29) is 0 Å². The summed E-state index contributed by atoms with van der Waals surface area (Å²) in [5.41, 5.74) is 0. The molecule has 0 aromatic heterocycles. The van der Waals surface area contributed by atoms with Gasteiger partial charge in [0.15, 0.2) is 0 Å². The highest BCUT2D eigenvalue weighted by molar-refractivity contribution is 4.65. The molecule has 0 radical (unpaired) electrons. The second-order valence-corrected chi connectivity index (χ2v) is 3.49. The third kappa shape index (κ3) is 9.80. The zero-order valence-electron chi connectivity index (χ0n) is 8.75. The van der Waals surface area contributed by atoms with Crippen molar-refractivity contribution in [3.63, 3.8) is 0 Å². The molecule has 0 aromatic rings. The van der Waals surface area contributed by atoms with Crippen molar-refractivity contribution in [2.45, 2.75) is 38.4 Å². The zero-order chi connectivity index (χ0) is 11.0. The molecular weight excluding hydrogens is 193 g/mol. The lowest BCUT2D eigenvalue weighted by molar-refractivity contribution is -0.139. The topological polar surface area (TPSA) is 24.1 Å². The summed E-state index contributed by atoms with van der Waals surface area (Å²) in [6, 6.07) is -0.482. The molecule has 14 heavy (non-hydrogen) atoms. The minimum atomic E-state index is -4.06. The average molecular weight is 212 g/mol. The first-order valence-electron chi connectivity index (χ1n) is 4.90. The van der Waals surface area contributed by atoms with Gasteiger partial charge in [0.2, 0.25) is 0 Å². The first-order chi connectivity index (χ1) is 6.45. The predicted molar refractivity (Wildman–Crippen MR) is 51.3 cm³/mol. The van der Waals surface area contributed by atoms with Crippen molar-refractivity contribution < 1.29 is 13.2 Å². The van der Waals surface area contributed by atoms with Crippen LogP contribution in [0.25, 0.3) is 0 Å². The SMILES string of the molecule is CNCCCCNC(C)CC(F)(F)F. The number of rotatable bonds is 7. The van der Waals surface area contributed by atoms with Crippen molar-refractivity contribution >= 4 is 0 Å². The van der Waals surface area contributed by atoms with Gasteiger partial charge in [-0.3, -0.25) is 0 Å². The first kappa shape index (κ1) is 13.7. The van der Waals surface area contributed by atoms with Crippen LogP contribution >= 0.6 is 0 Å². The number of halogens is 3. The zero-order valence-corrected chi connectivity index (χ0v) is 8.75. The van der Waals surface area contributed by atoms with E-state index in [4.69, 9.17) is 0 Å². The third-order valence-corrected chi connectivity index (χ3v) is 1.88. The van der Waals surface area contributed by atoms with E-state index in [0.29, 0.717) is 6.54 Å². The molecule has 2 N–H and O–H groups in total. The summed E-state index contributed by atoms with van der Waals surface area (Å²) in [4.78, 5) is 0. The summed E-state index contributed by atoms with van der Waals surface area (Å²) in [7, 11) is 1.86. The second-order valence-electron chi connectivity index (χ2n) is 3.49. The molecule has 0 rings (SSSR count). The van der Waals surface area contributed by atoms with Crippen molar-refractivity contribution in [1.82, 2.24) is 10.6 Å². The van der Waals surface area contributed by atoms with E-state index in [0.717, 1.165) is 19.4 Å². The van der Waals surface area contributed by atoms with E-state index in [1.807, 2.05) is 7.05 Å². The Kier molecular flexibility index (Phi) is 6.92. The summed E-state index contributed by atoms with van der Waals surface area (Å²) in [5.74, 6) is 0. The van der Waals surface area contributed by atoms with Crippen LogP contribution in [0.2, 0.25) is 0 Å². The fourth-order valence-electron chi connectivity index (χ4n) is 1.19. The van der Waals surface area contributed by atoms with Crippen LogP contribution in [-0.2, 0) is 0 Å². The number of nitrogens with one attached hydrogen (secondary N) is 2. The molecule has 0 heterocycles. The van der Waals surface area contributed by atoms with Crippen LogP contribution < -0.4 is 10.6 Å². The van der Waals surface area contributed by atoms with Crippen LogP contribution in [0.3, 0.4) is 0 Å². The molecule has 0 saturated carbocycles. The fourth-order valence-corrected chi connectivity index (χ4v) is 1.19. The van der Waals surface area contributed by atoms with Gasteiger partial charge in [0, 0.05) is 6.04 Å². The van der Waals surface area contributed by atoms with Gasteiger partial charge in [-0.15, -0.1) is 0 Å². The molecule has 0 aliphatic carbocycles. The van der Waals surface area contributed by atoms with Crippen LogP contribution in [0.1, 0.15) is 26.2 Å². The highest BCUT2D eigenvalue weighted by Crippen LogP contribution is 2.21. The maximum atomic E-state index is 11.9. The van der Waals surface area contributed by atoms with E-state index >= 15 is 0 Å². The van der Waals surface area contributed by atoms with E-state index < -0.39 is 18.6 Å². The van der Waals surface area contributed by atoms with Gasteiger partial charge >= 0.3 is 6.18 Å². The maximum absolute atomic E-state index is 11.9. The molecule has 0 aromatic carbocycles. The van der Waals surface area contributed by atoms with E-state index in [1.165, 1.54) is 0 Å². The molecule has 0 amide bonds. The Labute approximate surface area is 83.3 Å². The monoisotopic (exact) mass is 212 g/mol. The van der Waals surface area contributed by atoms with Gasteiger partial charge in [0.1, 0.15) is 0 Å². The number of hydrogen-bond acceptors (Lipinski definition) is 2. The highest BCUT2D eigenvalue weighted by Gasteiger charge is 2.29. The minimum absolute atomic E-state index is 0.482. The molecule has 5 heteroatoms. The minimum Gasteiger partial charge on any atom is -0.320 e. The molecule has 1 unspecified atom stereocenters. The van der Waals surface area contributed by atoms with Crippen LogP contribution in [0.15, 0.2) is 0 Å². The van der Waals surface area contributed by atoms with Crippen molar-refractivity contribution in [2.24, 2.45) is 0 Å². The quantitative estimate of drug-likeness (QED) is 0.630. The molecule has 0 aliphatic heterocycles. The highest BCUT2D eigenvalue weighted by atomic mass is 19.4. The number of alkyl halides is 3. The maximum Gasteiger partial charge on any atom is 0.390 e. The molecule has 86 valence electrons. The Balaban J connectivity index is 3.31. The Morgan fingerprint density at radius 3 is 2.21 bits per heavy atom. The Morgan fingerprint density at radius 2 is 1.71 bits per heavy atom. The van der Waals surface area contributed by atoms with Gasteiger partial charge in [0.05, 0.1) is 6.42 Å². The summed E-state index contributed by atoms with van der Waals surface area (Å²) < 4.78 is 35.7. The Morgan fingerprint density at radius 1 is 1.14 bits per heavy atom. The molecule has 0 spiro atoms. The van der Waals surface area contributed by atoms with Crippen molar-refractivity contribution in [3.8, 4) is 0 Å². The van der Waals surface area contributed by atoms with E-state index in [2.05, 4.69) is 10.6 Å². The van der Waals surface area contributed by atoms with Crippen LogP contribution in [0.5, 0.6) is 0 Å². The molecular formula is C9H19F3N2. The summed E-state index contributed by atoms with van der Waals surface area (Å²) in [6.45, 7) is 3.12. The fraction of sp³-hybridized carbons (Fsp3) is 1.00. The molecule has 0 fully saturated rings. The van der Waals surface area contributed by atoms with Gasteiger partial charge in [0.25, 0.3) is 0 Å². The smallest absolute Gasteiger partial charge is 0.320 e. The molecule has 0 aliphatic rings. The summed E-state index contributed by atoms with van der Waals surface area (Å²) >= 11 is 0. The predicted octanol–water partition coefficient (Wildman–Crippen LogP) is 1.92. The van der Waals surface area contributed by atoms with Crippen molar-refractivity contribution in [2.75, 3.05) is 20.1 Å². The lowest BCUT2D eigenvalue weighted by Crippen LogP contribution is -2.32. The average Bonchev–Trinajstić information content (AvgIpc) is 2.00. The van der Waals surface area contributed by atoms with Gasteiger partial charge in [-0.25, -0.2) is 0 Å². The van der Waals surface area contributed by atoms with Crippen molar-refractivity contribution in [1.29, 1.82) is 0 Å². The lowest BCUT2D eigenvalue weighted by Gasteiger charge is -2.15. The van der Waals surface area contributed by atoms with E-state index in [1.54, 1.807) is 6.92 Å². The molecule has 0 saturated heterocycles. The standard InChI is InChI=1S/C9H19F3N2/c1-8(7-9(10,11)12)14-6-4-3-5-13-2/h8,13-14H,3-7H2,1-2H3. The largest absolute Gasteiger partial charge is 0.390 e. The Hall–Kier alpha value is -0.290. The normalized spacial score (nSPS) is 14.4. The van der Waals surface area contributed by atoms with Crippen LogP contribution in [0.4, 0.5) is 13.2 Å². The van der Waals surface area contributed by atoms with Gasteiger partial charge < -0.3 is 10.6 Å². The van der Waals surface area contributed by atoms with Crippen LogP contribution in [0, 0.1) is 0 Å². The van der Waals surface area contributed by atoms with E-state index in [9.17, 15) is 13.2 Å². The van der Waals surface area contributed by atoms with Crippen LogP contribution in [-0.4, -0.2) is 32.4 Å². The van der Waals surface area contributed by atoms with Crippen molar-refractivity contribution in [3.05, 3.63) is 0 Å². The summed E-state index contributed by atoms with van der Waals surface area (Å²) in [6.07, 6.45) is -2.91. The number of unbranched alkanes of at least 4 members (excludes halogenated alkanes) is 1. The molecule has 2 nitrogen and oxygen atoms in total. The Bertz CT molecular complexity index is 137.